The number of nitrogens with one attached hydrogen (secondary N) is 2. The molecule has 0 aliphatic heterocycles. The first-order chi connectivity index (χ1) is 14.1. The van der Waals surface area contributed by atoms with Crippen molar-refractivity contribution < 1.29 is 0 Å². The quantitative estimate of drug-likeness (QED) is 0.480. The average molecular weight is 383 g/mol. The van der Waals surface area contributed by atoms with Gasteiger partial charge in [-0.2, -0.15) is 10.2 Å². The van der Waals surface area contributed by atoms with Crippen LogP contribution in [0, 0.1) is 13.8 Å². The van der Waals surface area contributed by atoms with E-state index in [0.717, 1.165) is 39.2 Å². The number of aromatic amines is 2. The molecular formula is C22H21N7. The lowest BCUT2D eigenvalue weighted by molar-refractivity contribution is 0.564. The van der Waals surface area contributed by atoms with Crippen molar-refractivity contribution in [3.63, 3.8) is 0 Å². The molecule has 0 saturated carbocycles. The summed E-state index contributed by atoms with van der Waals surface area (Å²) >= 11 is 0. The maximum absolute atomic E-state index is 4.85. The van der Waals surface area contributed by atoms with Crippen LogP contribution in [0.1, 0.15) is 29.8 Å². The Morgan fingerprint density at radius 1 is 1.00 bits per heavy atom. The molecule has 0 aliphatic carbocycles. The minimum Gasteiger partial charge on any atom is -0.344 e. The summed E-state index contributed by atoms with van der Waals surface area (Å²) < 4.78 is 1.98. The first kappa shape index (κ1) is 17.4. The fourth-order valence-corrected chi connectivity index (χ4v) is 3.54. The number of hydrogen-bond acceptors (Lipinski definition) is 4. The highest BCUT2D eigenvalue weighted by Gasteiger charge is 2.15. The van der Waals surface area contributed by atoms with E-state index in [9.17, 15) is 0 Å². The molecule has 5 aromatic rings. The fourth-order valence-electron chi connectivity index (χ4n) is 3.54. The van der Waals surface area contributed by atoms with Crippen LogP contribution >= 0.6 is 0 Å². The van der Waals surface area contributed by atoms with Gasteiger partial charge < -0.3 is 4.98 Å². The van der Waals surface area contributed by atoms with Gasteiger partial charge in [-0.05, 0) is 26.3 Å². The highest BCUT2D eigenvalue weighted by Crippen LogP contribution is 2.30. The molecule has 0 amide bonds. The SMILES string of the molecule is Cc1ccc(C(C)n2cc(-c3c[nH]c4ncc(-c5cn[nH]c5C)nc34)cn2)cc1. The molecule has 1 atom stereocenters. The molecule has 0 saturated heterocycles. The monoisotopic (exact) mass is 383 g/mol. The highest BCUT2D eigenvalue weighted by atomic mass is 15.3. The topological polar surface area (TPSA) is 88.1 Å². The molecule has 1 unspecified atom stereocenters. The van der Waals surface area contributed by atoms with Gasteiger partial charge in [0.05, 0.1) is 30.3 Å². The average Bonchev–Trinajstić information content (AvgIpc) is 3.46. The zero-order chi connectivity index (χ0) is 20.0. The van der Waals surface area contributed by atoms with Gasteiger partial charge in [0.15, 0.2) is 5.65 Å². The lowest BCUT2D eigenvalue weighted by atomic mass is 10.1. The third-order valence-electron chi connectivity index (χ3n) is 5.36. The lowest BCUT2D eigenvalue weighted by Crippen LogP contribution is -2.06. The van der Waals surface area contributed by atoms with Gasteiger partial charge in [0.1, 0.15) is 5.52 Å². The van der Waals surface area contributed by atoms with E-state index in [-0.39, 0.29) is 6.04 Å². The second-order valence-electron chi connectivity index (χ2n) is 7.36. The Labute approximate surface area is 167 Å². The third-order valence-corrected chi connectivity index (χ3v) is 5.36. The van der Waals surface area contributed by atoms with Crippen LogP contribution in [-0.4, -0.2) is 34.9 Å². The van der Waals surface area contributed by atoms with Crippen molar-refractivity contribution in [2.24, 2.45) is 0 Å². The van der Waals surface area contributed by atoms with E-state index in [1.807, 2.05) is 24.0 Å². The van der Waals surface area contributed by atoms with Gasteiger partial charge in [-0.3, -0.25) is 9.78 Å². The Hall–Kier alpha value is -3.74. The Morgan fingerprint density at radius 2 is 1.83 bits per heavy atom. The minimum absolute atomic E-state index is 0.143. The molecule has 0 spiro atoms. The number of rotatable bonds is 4. The lowest BCUT2D eigenvalue weighted by Gasteiger charge is -2.12. The Morgan fingerprint density at radius 3 is 2.59 bits per heavy atom. The zero-order valence-corrected chi connectivity index (χ0v) is 16.5. The summed E-state index contributed by atoms with van der Waals surface area (Å²) in [6, 6.07) is 8.70. The van der Waals surface area contributed by atoms with Crippen LogP contribution in [0.15, 0.2) is 55.2 Å². The van der Waals surface area contributed by atoms with Gasteiger partial charge in [-0.25, -0.2) is 9.97 Å². The molecular weight excluding hydrogens is 362 g/mol. The smallest absolute Gasteiger partial charge is 0.156 e. The van der Waals surface area contributed by atoms with Gasteiger partial charge in [0.2, 0.25) is 0 Å². The molecule has 5 rings (SSSR count). The molecule has 0 aliphatic rings. The van der Waals surface area contributed by atoms with Crippen LogP contribution in [-0.2, 0) is 0 Å². The van der Waals surface area contributed by atoms with Crippen LogP contribution in [0.4, 0.5) is 0 Å². The maximum Gasteiger partial charge on any atom is 0.156 e. The summed E-state index contributed by atoms with van der Waals surface area (Å²) in [6.07, 6.45) is 9.42. The minimum atomic E-state index is 0.143. The van der Waals surface area contributed by atoms with Gasteiger partial charge in [-0.1, -0.05) is 29.8 Å². The van der Waals surface area contributed by atoms with E-state index >= 15 is 0 Å². The predicted molar refractivity (Wildman–Crippen MR) is 112 cm³/mol. The van der Waals surface area contributed by atoms with E-state index in [0.29, 0.717) is 0 Å². The summed E-state index contributed by atoms with van der Waals surface area (Å²) in [6.45, 7) is 6.22. The van der Waals surface area contributed by atoms with Crippen molar-refractivity contribution in [2.45, 2.75) is 26.8 Å². The van der Waals surface area contributed by atoms with E-state index < -0.39 is 0 Å². The molecule has 29 heavy (non-hydrogen) atoms. The van der Waals surface area contributed by atoms with Crippen LogP contribution in [0.3, 0.4) is 0 Å². The van der Waals surface area contributed by atoms with Crippen LogP contribution < -0.4 is 0 Å². The van der Waals surface area contributed by atoms with Gasteiger partial charge in [0, 0.05) is 34.8 Å². The van der Waals surface area contributed by atoms with E-state index in [2.05, 4.69) is 69.6 Å². The number of H-pyrrole nitrogens is 2. The number of fused-ring (bicyclic) bond motifs is 1. The molecule has 7 heteroatoms. The summed E-state index contributed by atoms with van der Waals surface area (Å²) in [5, 5.41) is 11.6. The van der Waals surface area contributed by atoms with Crippen LogP contribution in [0.5, 0.6) is 0 Å². The number of aromatic nitrogens is 7. The maximum atomic E-state index is 4.85. The molecule has 1 aromatic carbocycles. The Balaban J connectivity index is 1.53. The van der Waals surface area contributed by atoms with Crippen molar-refractivity contribution in [3.05, 3.63) is 72.1 Å². The van der Waals surface area contributed by atoms with E-state index in [4.69, 9.17) is 4.98 Å². The largest absolute Gasteiger partial charge is 0.344 e. The van der Waals surface area contributed by atoms with Crippen LogP contribution in [0.25, 0.3) is 33.5 Å². The molecule has 0 bridgehead atoms. The molecule has 4 aromatic heterocycles. The van der Waals surface area contributed by atoms with Gasteiger partial charge in [-0.15, -0.1) is 0 Å². The summed E-state index contributed by atoms with van der Waals surface area (Å²) in [7, 11) is 0. The highest BCUT2D eigenvalue weighted by molar-refractivity contribution is 5.91. The number of nitrogens with zero attached hydrogens (tertiary/aromatic N) is 5. The van der Waals surface area contributed by atoms with Crippen molar-refractivity contribution in [2.75, 3.05) is 0 Å². The van der Waals surface area contributed by atoms with Crippen molar-refractivity contribution >= 4 is 11.2 Å². The first-order valence-electron chi connectivity index (χ1n) is 9.55. The number of hydrogen-bond donors (Lipinski definition) is 2. The first-order valence-corrected chi connectivity index (χ1v) is 9.55. The molecule has 7 nitrogen and oxygen atoms in total. The summed E-state index contributed by atoms with van der Waals surface area (Å²) in [5.41, 5.74) is 8.76. The summed E-state index contributed by atoms with van der Waals surface area (Å²) in [5.74, 6) is 0. The van der Waals surface area contributed by atoms with Gasteiger partial charge >= 0.3 is 0 Å². The van der Waals surface area contributed by atoms with Gasteiger partial charge in [0.25, 0.3) is 0 Å². The normalized spacial score (nSPS) is 12.5. The molecule has 144 valence electrons. The third kappa shape index (κ3) is 3.00. The van der Waals surface area contributed by atoms with Crippen molar-refractivity contribution in [3.8, 4) is 22.4 Å². The summed E-state index contributed by atoms with van der Waals surface area (Å²) in [4.78, 5) is 12.6. The second kappa shape index (κ2) is 6.70. The second-order valence-corrected chi connectivity index (χ2v) is 7.36. The molecule has 0 radical (unpaired) electrons. The Bertz CT molecular complexity index is 1290. The van der Waals surface area contributed by atoms with Crippen molar-refractivity contribution in [1.82, 2.24) is 34.9 Å². The standard InChI is InChI=1S/C22H21N7/c1-13-4-6-16(7-5-13)15(3)29-12-17(8-26-29)19-9-23-22-21(19)27-20(11-24-22)18-10-25-28-14(18)2/h4-12,15H,1-3H3,(H,23,24)(H,25,28). The number of benzene rings is 1. The molecule has 2 N–H and O–H groups in total. The predicted octanol–water partition coefficient (Wildman–Crippen LogP) is 4.44. The Kier molecular flexibility index (Phi) is 4.01. The van der Waals surface area contributed by atoms with Crippen LogP contribution in [0.2, 0.25) is 0 Å². The zero-order valence-electron chi connectivity index (χ0n) is 16.5. The molecule has 0 fully saturated rings. The van der Waals surface area contributed by atoms with Crippen molar-refractivity contribution in [1.29, 1.82) is 0 Å². The fraction of sp³-hybridized carbons (Fsp3) is 0.182. The molecule has 4 heterocycles. The number of aryl methyl sites for hydroxylation is 2. The van der Waals surface area contributed by atoms with E-state index in [1.54, 1.807) is 12.4 Å². The van der Waals surface area contributed by atoms with E-state index in [1.165, 1.54) is 11.1 Å².